The number of ether oxygens (including phenoxy) is 1. The third-order valence-corrected chi connectivity index (χ3v) is 6.89. The van der Waals surface area contributed by atoms with Crippen LogP contribution >= 0.6 is 0 Å². The maximum absolute atomic E-state index is 12.6. The van der Waals surface area contributed by atoms with Gasteiger partial charge >= 0.3 is 6.03 Å². The molecular weight excluding hydrogens is 426 g/mol. The molecule has 0 spiro atoms. The molecule has 1 aliphatic carbocycles. The summed E-state index contributed by atoms with van der Waals surface area (Å²) in [7, 11) is 2.20. The minimum atomic E-state index is -0.201. The molecule has 0 radical (unpaired) electrons. The van der Waals surface area contributed by atoms with Gasteiger partial charge in [-0.3, -0.25) is 4.90 Å². The van der Waals surface area contributed by atoms with E-state index in [1.54, 1.807) is 0 Å². The number of rotatable bonds is 7. The van der Waals surface area contributed by atoms with Gasteiger partial charge < -0.3 is 20.3 Å². The Morgan fingerprint density at radius 2 is 1.82 bits per heavy atom. The second-order valence-corrected chi connectivity index (χ2v) is 9.86. The molecule has 2 atom stereocenters. The van der Waals surface area contributed by atoms with E-state index in [4.69, 9.17) is 4.74 Å². The van der Waals surface area contributed by atoms with Gasteiger partial charge in [-0.05, 0) is 57.0 Å². The monoisotopic (exact) mass is 465 g/mol. The van der Waals surface area contributed by atoms with Crippen LogP contribution in [-0.4, -0.2) is 54.3 Å². The highest BCUT2D eigenvalue weighted by Crippen LogP contribution is 2.25. The van der Waals surface area contributed by atoms with Crippen LogP contribution in [0, 0.1) is 0 Å². The van der Waals surface area contributed by atoms with Crippen molar-refractivity contribution in [3.05, 3.63) is 53.7 Å². The van der Waals surface area contributed by atoms with Crippen LogP contribution < -0.4 is 15.5 Å². The molecule has 1 aliphatic heterocycles. The molecule has 0 bridgehead atoms. The molecular formula is C27H39N5O2. The molecule has 7 nitrogen and oxygen atoms in total. The fourth-order valence-corrected chi connectivity index (χ4v) is 5.12. The van der Waals surface area contributed by atoms with Crippen molar-refractivity contribution in [2.45, 2.75) is 77.3 Å². The van der Waals surface area contributed by atoms with Crippen LogP contribution in [0.1, 0.15) is 57.1 Å². The second kappa shape index (κ2) is 11.7. The van der Waals surface area contributed by atoms with E-state index in [2.05, 4.69) is 52.4 Å². The Hall–Kier alpha value is -2.64. The maximum Gasteiger partial charge on any atom is 0.319 e. The Morgan fingerprint density at radius 1 is 1.09 bits per heavy atom. The van der Waals surface area contributed by atoms with Gasteiger partial charge in [0.15, 0.2) is 0 Å². The normalized spacial score (nSPS) is 21.5. The molecule has 1 saturated heterocycles. The molecule has 4 rings (SSSR count). The number of nitrogens with one attached hydrogen (secondary N) is 2. The lowest BCUT2D eigenvalue weighted by Gasteiger charge is -2.36. The van der Waals surface area contributed by atoms with Gasteiger partial charge in [0.25, 0.3) is 0 Å². The molecule has 7 heteroatoms. The largest absolute Gasteiger partial charge is 0.372 e. The third kappa shape index (κ3) is 6.70. The van der Waals surface area contributed by atoms with Crippen molar-refractivity contribution in [3.8, 4) is 0 Å². The van der Waals surface area contributed by atoms with Gasteiger partial charge in [-0.1, -0.05) is 43.5 Å². The lowest BCUT2D eigenvalue weighted by Crippen LogP contribution is -2.45. The van der Waals surface area contributed by atoms with Gasteiger partial charge in [0.05, 0.1) is 12.2 Å². The molecule has 2 unspecified atom stereocenters. The first-order valence-electron chi connectivity index (χ1n) is 12.7. The van der Waals surface area contributed by atoms with Gasteiger partial charge in [-0.15, -0.1) is 0 Å². The number of urea groups is 1. The Labute approximate surface area is 203 Å². The molecule has 1 saturated carbocycles. The Morgan fingerprint density at radius 3 is 2.53 bits per heavy atom. The number of nitrogens with zero attached hydrogens (tertiary/aromatic N) is 3. The predicted octanol–water partition coefficient (Wildman–Crippen LogP) is 4.78. The van der Waals surface area contributed by atoms with Crippen LogP contribution in [0.4, 0.5) is 16.3 Å². The van der Waals surface area contributed by atoms with E-state index < -0.39 is 0 Å². The summed E-state index contributed by atoms with van der Waals surface area (Å²) in [5.41, 5.74) is 2.98. The van der Waals surface area contributed by atoms with E-state index in [-0.39, 0.29) is 18.2 Å². The average molecular weight is 466 g/mol. The van der Waals surface area contributed by atoms with Crippen molar-refractivity contribution in [1.29, 1.82) is 0 Å². The zero-order valence-corrected chi connectivity index (χ0v) is 20.8. The highest BCUT2D eigenvalue weighted by Gasteiger charge is 2.23. The SMILES string of the molecule is CC1CN(c2ccc(CNC(=O)Nc3ccccc3CN(C)C3CCCCC3)cn2)CC(C)O1. The number of pyridine rings is 1. The van der Waals surface area contributed by atoms with Gasteiger partial charge in [0, 0.05) is 44.1 Å². The summed E-state index contributed by atoms with van der Waals surface area (Å²) in [6.07, 6.45) is 8.75. The first-order valence-corrected chi connectivity index (χ1v) is 12.7. The first-order chi connectivity index (χ1) is 16.5. The number of hydrogen-bond acceptors (Lipinski definition) is 5. The number of amides is 2. The topological polar surface area (TPSA) is 69.7 Å². The summed E-state index contributed by atoms with van der Waals surface area (Å²) in [6.45, 7) is 7.13. The molecule has 2 amide bonds. The molecule has 2 aromatic rings. The predicted molar refractivity (Wildman–Crippen MR) is 137 cm³/mol. The number of carbonyl (C=O) groups excluding carboxylic acids is 1. The quantitative estimate of drug-likeness (QED) is 0.616. The van der Waals surface area contributed by atoms with Crippen LogP contribution in [0.3, 0.4) is 0 Å². The van der Waals surface area contributed by atoms with E-state index in [0.29, 0.717) is 12.6 Å². The number of hydrogen-bond donors (Lipinski definition) is 2. The zero-order valence-electron chi connectivity index (χ0n) is 20.8. The van der Waals surface area contributed by atoms with E-state index in [0.717, 1.165) is 42.3 Å². The van der Waals surface area contributed by atoms with Crippen molar-refractivity contribution >= 4 is 17.5 Å². The van der Waals surface area contributed by atoms with E-state index in [9.17, 15) is 4.79 Å². The van der Waals surface area contributed by atoms with Crippen LogP contribution in [-0.2, 0) is 17.8 Å². The summed E-state index contributed by atoms with van der Waals surface area (Å²) in [5.74, 6) is 0.950. The van der Waals surface area contributed by atoms with E-state index >= 15 is 0 Å². The molecule has 2 fully saturated rings. The van der Waals surface area contributed by atoms with Crippen LogP contribution in [0.25, 0.3) is 0 Å². The highest BCUT2D eigenvalue weighted by molar-refractivity contribution is 5.90. The van der Waals surface area contributed by atoms with Gasteiger partial charge in [0.2, 0.25) is 0 Å². The fraction of sp³-hybridized carbons (Fsp3) is 0.556. The Bertz CT molecular complexity index is 919. The van der Waals surface area contributed by atoms with Crippen LogP contribution in [0.5, 0.6) is 0 Å². The lowest BCUT2D eigenvalue weighted by molar-refractivity contribution is -0.00546. The van der Waals surface area contributed by atoms with Crippen molar-refractivity contribution in [1.82, 2.24) is 15.2 Å². The van der Waals surface area contributed by atoms with Gasteiger partial charge in [-0.2, -0.15) is 0 Å². The lowest BCUT2D eigenvalue weighted by atomic mass is 9.94. The van der Waals surface area contributed by atoms with Crippen molar-refractivity contribution in [2.24, 2.45) is 0 Å². The first kappa shape index (κ1) is 24.5. The van der Waals surface area contributed by atoms with Crippen molar-refractivity contribution in [3.63, 3.8) is 0 Å². The zero-order chi connectivity index (χ0) is 23.9. The van der Waals surface area contributed by atoms with Gasteiger partial charge in [-0.25, -0.2) is 9.78 Å². The number of morpholine rings is 1. The van der Waals surface area contributed by atoms with Crippen molar-refractivity contribution in [2.75, 3.05) is 30.4 Å². The molecule has 184 valence electrons. The van der Waals surface area contributed by atoms with E-state index in [1.165, 1.54) is 32.1 Å². The third-order valence-electron chi connectivity index (χ3n) is 6.89. The minimum absolute atomic E-state index is 0.195. The number of aromatic nitrogens is 1. The summed E-state index contributed by atoms with van der Waals surface area (Å²) in [6, 6.07) is 12.6. The fourth-order valence-electron chi connectivity index (χ4n) is 5.12. The molecule has 2 N–H and O–H groups in total. The summed E-state index contributed by atoms with van der Waals surface area (Å²) >= 11 is 0. The smallest absolute Gasteiger partial charge is 0.319 e. The number of anilines is 2. The second-order valence-electron chi connectivity index (χ2n) is 9.86. The number of carbonyl (C=O) groups is 1. The average Bonchev–Trinajstić information content (AvgIpc) is 2.84. The summed E-state index contributed by atoms with van der Waals surface area (Å²) in [5, 5.41) is 6.01. The van der Waals surface area contributed by atoms with Gasteiger partial charge in [0.1, 0.15) is 5.82 Å². The summed E-state index contributed by atoms with van der Waals surface area (Å²) < 4.78 is 5.81. The minimum Gasteiger partial charge on any atom is -0.372 e. The summed E-state index contributed by atoms with van der Waals surface area (Å²) in [4.78, 5) is 21.9. The molecule has 1 aromatic heterocycles. The molecule has 1 aromatic carbocycles. The van der Waals surface area contributed by atoms with Crippen LogP contribution in [0.2, 0.25) is 0 Å². The number of benzene rings is 1. The maximum atomic E-state index is 12.6. The Balaban J connectivity index is 1.29. The Kier molecular flexibility index (Phi) is 8.40. The standard InChI is InChI=1S/C27H39N5O2/c1-20-17-32(18-21(2)34-20)26-14-13-22(15-28-26)16-29-27(33)30-25-12-8-7-9-23(25)19-31(3)24-10-5-4-6-11-24/h7-9,12-15,20-21,24H,4-6,10-11,16-19H2,1-3H3,(H2,29,30,33). The molecule has 2 aliphatic rings. The van der Waals surface area contributed by atoms with E-state index in [1.807, 2.05) is 36.5 Å². The molecule has 2 heterocycles. The van der Waals surface area contributed by atoms with Crippen molar-refractivity contribution < 1.29 is 9.53 Å². The highest BCUT2D eigenvalue weighted by atomic mass is 16.5. The molecule has 34 heavy (non-hydrogen) atoms. The number of para-hydroxylation sites is 1. The van der Waals surface area contributed by atoms with Crippen LogP contribution in [0.15, 0.2) is 42.6 Å².